The van der Waals surface area contributed by atoms with Gasteiger partial charge in [0.2, 0.25) is 0 Å². The van der Waals surface area contributed by atoms with E-state index in [1.807, 2.05) is 115 Å². The molecule has 0 heterocycles. The van der Waals surface area contributed by atoms with Crippen molar-refractivity contribution < 1.29 is 5.11 Å². The molecule has 0 aliphatic carbocycles. The molecule has 0 fully saturated rings. The first-order valence-corrected chi connectivity index (χ1v) is 11.5. The van der Waals surface area contributed by atoms with Gasteiger partial charge in [-0.05, 0) is 33.4 Å². The molecule has 0 aromatic heterocycles. The molecule has 5 aromatic rings. The van der Waals surface area contributed by atoms with Crippen LogP contribution in [0.3, 0.4) is 0 Å². The summed E-state index contributed by atoms with van der Waals surface area (Å²) < 4.78 is 0. The molecule has 1 N–H and O–H groups in total. The third-order valence-electron chi connectivity index (χ3n) is 6.18. The zero-order chi connectivity index (χ0) is 23.2. The lowest BCUT2D eigenvalue weighted by Gasteiger charge is -2.35. The molecule has 0 spiro atoms. The zero-order valence-corrected chi connectivity index (χ0v) is 18.9. The zero-order valence-electron chi connectivity index (χ0n) is 18.9. The minimum atomic E-state index is -1.38. The van der Waals surface area contributed by atoms with Crippen LogP contribution < -0.4 is 0 Å². The molecule has 34 heavy (non-hydrogen) atoms. The van der Waals surface area contributed by atoms with Gasteiger partial charge < -0.3 is 5.11 Å². The summed E-state index contributed by atoms with van der Waals surface area (Å²) in [6, 6.07) is 50.8. The van der Waals surface area contributed by atoms with Crippen molar-refractivity contribution in [2.75, 3.05) is 0 Å². The van der Waals surface area contributed by atoms with E-state index in [9.17, 15) is 5.11 Å². The van der Waals surface area contributed by atoms with Gasteiger partial charge in [-0.25, -0.2) is 0 Å². The van der Waals surface area contributed by atoms with Crippen molar-refractivity contribution in [3.63, 3.8) is 0 Å². The second kappa shape index (κ2) is 9.74. The van der Waals surface area contributed by atoms with E-state index in [2.05, 4.69) is 36.4 Å². The fourth-order valence-electron chi connectivity index (χ4n) is 4.62. The van der Waals surface area contributed by atoms with Gasteiger partial charge in [-0.1, -0.05) is 152 Å². The lowest BCUT2D eigenvalue weighted by atomic mass is 9.73. The highest BCUT2D eigenvalue weighted by molar-refractivity contribution is 6.02. The fraction of sp³-hybridized carbons (Fsp3) is 0.0303. The Kier molecular flexibility index (Phi) is 6.20. The predicted octanol–water partition coefficient (Wildman–Crippen LogP) is 7.58. The van der Waals surface area contributed by atoms with Crippen LogP contribution in [0.25, 0.3) is 11.1 Å². The number of hydrogen-bond acceptors (Lipinski definition) is 1. The van der Waals surface area contributed by atoms with Gasteiger partial charge in [0.25, 0.3) is 0 Å². The van der Waals surface area contributed by atoms with Gasteiger partial charge >= 0.3 is 0 Å². The summed E-state index contributed by atoms with van der Waals surface area (Å²) in [6.45, 7) is 0. The SMILES string of the molecule is OC(C(=C(c1ccccc1)c1ccccc1)c1ccccc1)(c1ccccc1)c1ccccc1. The van der Waals surface area contributed by atoms with E-state index in [4.69, 9.17) is 0 Å². The third kappa shape index (κ3) is 4.10. The summed E-state index contributed by atoms with van der Waals surface area (Å²) in [5.74, 6) is 0. The van der Waals surface area contributed by atoms with Crippen LogP contribution in [-0.4, -0.2) is 5.11 Å². The van der Waals surface area contributed by atoms with E-state index in [-0.39, 0.29) is 0 Å². The average Bonchev–Trinajstić information content (AvgIpc) is 2.93. The normalized spacial score (nSPS) is 11.1. The minimum Gasteiger partial charge on any atom is -0.376 e. The Morgan fingerprint density at radius 3 is 1.03 bits per heavy atom. The number of benzene rings is 5. The molecule has 0 aliphatic heterocycles. The fourth-order valence-corrected chi connectivity index (χ4v) is 4.62. The Morgan fingerprint density at radius 1 is 0.382 bits per heavy atom. The molecule has 0 bridgehead atoms. The highest BCUT2D eigenvalue weighted by Gasteiger charge is 2.39. The Bertz CT molecular complexity index is 1280. The van der Waals surface area contributed by atoms with Crippen molar-refractivity contribution in [2.45, 2.75) is 5.60 Å². The molecule has 5 aromatic carbocycles. The quantitative estimate of drug-likeness (QED) is 0.271. The molecule has 0 amide bonds. The minimum absolute atomic E-state index is 0.824. The third-order valence-corrected chi connectivity index (χ3v) is 6.18. The van der Waals surface area contributed by atoms with Crippen LogP contribution in [0.2, 0.25) is 0 Å². The molecule has 0 radical (unpaired) electrons. The van der Waals surface area contributed by atoms with Crippen molar-refractivity contribution >= 4 is 11.1 Å². The summed E-state index contributed by atoms with van der Waals surface area (Å²) in [5.41, 5.74) is 5.20. The van der Waals surface area contributed by atoms with Crippen LogP contribution in [0, 0.1) is 0 Å². The monoisotopic (exact) mass is 438 g/mol. The summed E-state index contributed by atoms with van der Waals surface area (Å²) in [7, 11) is 0. The van der Waals surface area contributed by atoms with Crippen LogP contribution in [0.15, 0.2) is 152 Å². The molecule has 0 saturated heterocycles. The Balaban J connectivity index is 1.97. The first kappa shape index (κ1) is 21.6. The van der Waals surface area contributed by atoms with Crippen LogP contribution in [0.4, 0.5) is 0 Å². The molecule has 164 valence electrons. The molecular formula is C33H26O. The highest BCUT2D eigenvalue weighted by atomic mass is 16.3. The van der Waals surface area contributed by atoms with Gasteiger partial charge in [0.1, 0.15) is 5.60 Å². The number of aliphatic hydroxyl groups is 1. The van der Waals surface area contributed by atoms with E-state index in [0.29, 0.717) is 0 Å². The smallest absolute Gasteiger partial charge is 0.141 e. The summed E-state index contributed by atoms with van der Waals surface area (Å²) in [5, 5.41) is 12.9. The van der Waals surface area contributed by atoms with Crippen molar-refractivity contribution in [1.82, 2.24) is 0 Å². The molecule has 5 rings (SSSR count). The lowest BCUT2D eigenvalue weighted by Crippen LogP contribution is -2.30. The molecule has 0 aliphatic rings. The standard InChI is InChI=1S/C33H26O/c34-33(29-22-12-4-13-23-29,30-24-14-5-15-25-30)32(28-20-10-3-11-21-28)31(26-16-6-1-7-17-26)27-18-8-2-9-19-27/h1-25,34H. The predicted molar refractivity (Wildman–Crippen MR) is 141 cm³/mol. The Morgan fingerprint density at radius 2 is 0.676 bits per heavy atom. The Hall–Kier alpha value is -4.20. The highest BCUT2D eigenvalue weighted by Crippen LogP contribution is 2.47. The van der Waals surface area contributed by atoms with E-state index in [1.165, 1.54) is 0 Å². The van der Waals surface area contributed by atoms with Crippen LogP contribution in [0.5, 0.6) is 0 Å². The maximum atomic E-state index is 12.9. The van der Waals surface area contributed by atoms with Crippen LogP contribution in [-0.2, 0) is 5.60 Å². The first-order chi connectivity index (χ1) is 16.8. The van der Waals surface area contributed by atoms with Gasteiger partial charge in [-0.3, -0.25) is 0 Å². The lowest BCUT2D eigenvalue weighted by molar-refractivity contribution is 0.146. The van der Waals surface area contributed by atoms with Crippen LogP contribution >= 0.6 is 0 Å². The molecular weight excluding hydrogens is 412 g/mol. The van der Waals surface area contributed by atoms with Gasteiger partial charge in [0.15, 0.2) is 0 Å². The maximum absolute atomic E-state index is 12.9. The van der Waals surface area contributed by atoms with E-state index >= 15 is 0 Å². The summed E-state index contributed by atoms with van der Waals surface area (Å²) in [4.78, 5) is 0. The largest absolute Gasteiger partial charge is 0.376 e. The second-order valence-electron chi connectivity index (χ2n) is 8.29. The van der Waals surface area contributed by atoms with Crippen molar-refractivity contribution in [1.29, 1.82) is 0 Å². The Labute approximate surface area is 201 Å². The molecule has 1 heteroatoms. The number of rotatable bonds is 6. The molecule has 0 unspecified atom stereocenters. The van der Waals surface area contributed by atoms with Crippen molar-refractivity contribution in [3.05, 3.63) is 179 Å². The van der Waals surface area contributed by atoms with E-state index in [1.54, 1.807) is 0 Å². The van der Waals surface area contributed by atoms with Crippen molar-refractivity contribution in [2.24, 2.45) is 0 Å². The van der Waals surface area contributed by atoms with Gasteiger partial charge in [-0.15, -0.1) is 0 Å². The molecule has 1 nitrogen and oxygen atoms in total. The van der Waals surface area contributed by atoms with Gasteiger partial charge in [0.05, 0.1) is 0 Å². The molecule has 0 saturated carbocycles. The topological polar surface area (TPSA) is 20.2 Å². The molecule has 0 atom stereocenters. The number of hydrogen-bond donors (Lipinski definition) is 1. The average molecular weight is 439 g/mol. The van der Waals surface area contributed by atoms with Gasteiger partial charge in [0, 0.05) is 5.57 Å². The summed E-state index contributed by atoms with van der Waals surface area (Å²) in [6.07, 6.45) is 0. The maximum Gasteiger partial charge on any atom is 0.141 e. The van der Waals surface area contributed by atoms with Gasteiger partial charge in [-0.2, -0.15) is 0 Å². The van der Waals surface area contributed by atoms with Crippen molar-refractivity contribution in [3.8, 4) is 0 Å². The summed E-state index contributed by atoms with van der Waals surface area (Å²) >= 11 is 0. The van der Waals surface area contributed by atoms with E-state index in [0.717, 1.165) is 39.0 Å². The second-order valence-corrected chi connectivity index (χ2v) is 8.29. The van der Waals surface area contributed by atoms with E-state index < -0.39 is 5.60 Å². The van der Waals surface area contributed by atoms with Crippen LogP contribution in [0.1, 0.15) is 27.8 Å². The first-order valence-electron chi connectivity index (χ1n) is 11.5.